The number of carbonyl (C=O) groups excluding carboxylic acids is 2. The molecule has 69 heavy (non-hydrogen) atoms. The number of nitrogens with one attached hydrogen (secondary N) is 3. The highest BCUT2D eigenvalue weighted by atomic mass is 16.5. The van der Waals surface area contributed by atoms with Gasteiger partial charge in [0.15, 0.2) is 40.1 Å². The van der Waals surface area contributed by atoms with Crippen molar-refractivity contribution in [2.75, 3.05) is 39.9 Å². The molecule has 0 bridgehead atoms. The molecule has 18 nitrogen and oxygen atoms in total. The molecule has 2 aromatic heterocycles. The number of allylic oxidation sites excluding steroid dienone is 8. The topological polar surface area (TPSA) is 213 Å². The largest absolute Gasteiger partial charge is 0.618 e. The Balaban J connectivity index is 0.857. The van der Waals surface area contributed by atoms with Crippen molar-refractivity contribution in [2.24, 2.45) is 17.8 Å². The van der Waals surface area contributed by atoms with Gasteiger partial charge in [-0.15, -0.1) is 0 Å². The third-order valence-corrected chi connectivity index (χ3v) is 12.8. The van der Waals surface area contributed by atoms with Crippen molar-refractivity contribution in [1.29, 1.82) is 0 Å². The molecule has 4 unspecified atom stereocenters. The second-order valence-electron chi connectivity index (χ2n) is 17.7. The second-order valence-corrected chi connectivity index (χ2v) is 17.7. The Labute approximate surface area is 399 Å². The molecular weight excluding hydrogens is 887 g/mol. The van der Waals surface area contributed by atoms with Crippen molar-refractivity contribution >= 4 is 47.2 Å². The van der Waals surface area contributed by atoms with Gasteiger partial charge in [-0.3, -0.25) is 14.8 Å². The summed E-state index contributed by atoms with van der Waals surface area (Å²) < 4.78 is 35.5. The summed E-state index contributed by atoms with van der Waals surface area (Å²) in [5.41, 5.74) is 7.42. The van der Waals surface area contributed by atoms with Crippen molar-refractivity contribution in [3.05, 3.63) is 124 Å². The molecule has 2 aliphatic carbocycles. The number of aromatic nitrogens is 2. The summed E-state index contributed by atoms with van der Waals surface area (Å²) in [5, 5.41) is 41.4. The zero-order chi connectivity index (χ0) is 48.9. The number of rotatable bonds is 17. The lowest BCUT2D eigenvalue weighted by Crippen LogP contribution is -2.53. The monoisotopic (exact) mass is 944 g/mol. The van der Waals surface area contributed by atoms with Crippen molar-refractivity contribution < 1.29 is 57.9 Å². The maximum atomic E-state index is 13.6. The van der Waals surface area contributed by atoms with Crippen LogP contribution < -0.4 is 39.6 Å². The molecule has 4 atom stereocenters. The van der Waals surface area contributed by atoms with Gasteiger partial charge in [-0.1, -0.05) is 50.3 Å². The van der Waals surface area contributed by atoms with Gasteiger partial charge in [-0.25, -0.2) is 4.79 Å². The average Bonchev–Trinajstić information content (AvgIpc) is 3.74. The lowest BCUT2D eigenvalue weighted by molar-refractivity contribution is -0.738. The lowest BCUT2D eigenvalue weighted by atomic mass is 9.87. The van der Waals surface area contributed by atoms with Crippen LogP contribution in [0.2, 0.25) is 0 Å². The third kappa shape index (κ3) is 10.3. The third-order valence-electron chi connectivity index (χ3n) is 12.8. The number of carbonyl (C=O) groups is 3. The molecule has 4 aliphatic rings. The molecule has 0 radical (unpaired) electrons. The molecule has 0 spiro atoms. The Morgan fingerprint density at radius 3 is 1.80 bits per heavy atom. The number of benzene rings is 2. The quantitative estimate of drug-likeness (QED) is 0.0327. The van der Waals surface area contributed by atoms with Crippen molar-refractivity contribution in [1.82, 2.24) is 19.8 Å². The number of ether oxygens (including phenoxy) is 5. The van der Waals surface area contributed by atoms with Crippen molar-refractivity contribution in [3.63, 3.8) is 0 Å². The summed E-state index contributed by atoms with van der Waals surface area (Å²) in [4.78, 5) is 36.8. The van der Waals surface area contributed by atoms with E-state index in [4.69, 9.17) is 28.8 Å². The van der Waals surface area contributed by atoms with Crippen LogP contribution in [0.25, 0.3) is 11.1 Å². The highest BCUT2D eigenvalue weighted by molar-refractivity contribution is 5.98. The van der Waals surface area contributed by atoms with Crippen LogP contribution >= 0.6 is 0 Å². The maximum absolute atomic E-state index is 13.6. The van der Waals surface area contributed by atoms with E-state index in [1.54, 1.807) is 53.5 Å². The van der Waals surface area contributed by atoms with E-state index in [9.17, 15) is 24.8 Å². The van der Waals surface area contributed by atoms with Gasteiger partial charge >= 0.3 is 6.09 Å². The van der Waals surface area contributed by atoms with Crippen LogP contribution in [0.15, 0.2) is 96.6 Å². The Morgan fingerprint density at radius 2 is 1.26 bits per heavy atom. The molecule has 4 aromatic rings. The number of carboxylic acid groups (broad SMARTS) is 1. The van der Waals surface area contributed by atoms with Gasteiger partial charge in [0.05, 0.1) is 58.8 Å². The van der Waals surface area contributed by atoms with E-state index < -0.39 is 30.0 Å². The number of hydrogen-bond acceptors (Lipinski definition) is 10. The number of hydroxylamine groups is 2. The molecule has 3 amide bonds. The van der Waals surface area contributed by atoms with Gasteiger partial charge in [0, 0.05) is 42.1 Å². The summed E-state index contributed by atoms with van der Waals surface area (Å²) in [6.45, 7) is 6.66. The Bertz CT molecular complexity index is 2790. The molecule has 2 aliphatic heterocycles. The van der Waals surface area contributed by atoms with Crippen LogP contribution in [0.5, 0.6) is 28.7 Å². The summed E-state index contributed by atoms with van der Waals surface area (Å²) >= 11 is 0. The molecule has 2 aromatic carbocycles. The van der Waals surface area contributed by atoms with Gasteiger partial charge < -0.3 is 59.1 Å². The number of amides is 3. The maximum Gasteiger partial charge on any atom is 0.405 e. The van der Waals surface area contributed by atoms with E-state index in [-0.39, 0.29) is 17.8 Å². The van der Waals surface area contributed by atoms with Crippen LogP contribution in [0.1, 0.15) is 62.5 Å². The average molecular weight is 945 g/mol. The minimum atomic E-state index is -1.33. The van der Waals surface area contributed by atoms with Gasteiger partial charge in [0.1, 0.15) is 17.8 Å². The minimum absolute atomic E-state index is 0.00294. The number of fused-ring (bicyclic) bond motifs is 4. The molecular formula is C51H58N7O11+. The fourth-order valence-corrected chi connectivity index (χ4v) is 9.15. The first kappa shape index (κ1) is 47.6. The Hall–Kier alpha value is -7.89. The van der Waals surface area contributed by atoms with Crippen LogP contribution in [0.3, 0.4) is 0 Å². The molecule has 8 rings (SSSR count). The van der Waals surface area contributed by atoms with Gasteiger partial charge in [0.2, 0.25) is 29.9 Å². The molecule has 0 saturated carbocycles. The molecule has 0 saturated heterocycles. The normalized spacial score (nSPS) is 18.0. The van der Waals surface area contributed by atoms with Crippen LogP contribution in [0, 0.1) is 23.0 Å². The fourth-order valence-electron chi connectivity index (χ4n) is 9.15. The fraction of sp³-hybridized carbons (Fsp3) is 0.353. The zero-order valence-corrected chi connectivity index (χ0v) is 39.4. The van der Waals surface area contributed by atoms with E-state index in [1.165, 1.54) is 23.5 Å². The highest BCUT2D eigenvalue weighted by Crippen LogP contribution is 2.41. The van der Waals surface area contributed by atoms with E-state index >= 15 is 0 Å². The first-order chi connectivity index (χ1) is 33.2. The first-order valence-electron chi connectivity index (χ1n) is 22.9. The van der Waals surface area contributed by atoms with Crippen LogP contribution in [-0.2, 0) is 22.7 Å². The summed E-state index contributed by atoms with van der Waals surface area (Å²) in [7, 11) is 4.78. The Morgan fingerprint density at radius 1 is 0.725 bits per heavy atom. The van der Waals surface area contributed by atoms with Gasteiger partial charge in [0.25, 0.3) is 0 Å². The smallest absolute Gasteiger partial charge is 0.405 e. The highest BCUT2D eigenvalue weighted by Gasteiger charge is 2.36. The Kier molecular flexibility index (Phi) is 14.2. The van der Waals surface area contributed by atoms with E-state index in [1.807, 2.05) is 71.6 Å². The molecule has 362 valence electrons. The SMILES string of the molecule is COc1ccc(C2=CC=C3C(C2)Cn2cc(OCCCOc4cn5c(c4OC)C=[N+]([O-])C4=CC=C(c6ccc(NC(=O)C(C)NC(=O)C(NC(=O)O)C(C)C)cc6)CC4C5)c(OC)c2C=[N+]3O)cc1. The van der Waals surface area contributed by atoms with Gasteiger partial charge in [-0.05, 0) is 72.2 Å². The molecule has 4 heterocycles. The van der Waals surface area contributed by atoms with Gasteiger partial charge in [-0.2, -0.15) is 4.74 Å². The molecule has 5 N–H and O–H groups in total. The van der Waals surface area contributed by atoms with Crippen LogP contribution in [-0.4, -0.2) is 106 Å². The molecule has 0 fully saturated rings. The van der Waals surface area contributed by atoms with Crippen LogP contribution in [0.4, 0.5) is 10.5 Å². The zero-order valence-electron chi connectivity index (χ0n) is 39.4. The van der Waals surface area contributed by atoms with E-state index in [2.05, 4.69) is 26.6 Å². The molecule has 18 heteroatoms. The summed E-state index contributed by atoms with van der Waals surface area (Å²) in [6, 6.07) is 13.4. The first-order valence-corrected chi connectivity index (χ1v) is 22.9. The van der Waals surface area contributed by atoms with Crippen molar-refractivity contribution in [2.45, 2.75) is 65.2 Å². The predicted octanol–water partition coefficient (Wildman–Crippen LogP) is 6.65. The number of hydrogen-bond donors (Lipinski definition) is 5. The summed E-state index contributed by atoms with van der Waals surface area (Å²) in [6.07, 6.45) is 15.2. The predicted molar refractivity (Wildman–Crippen MR) is 257 cm³/mol. The van der Waals surface area contributed by atoms with E-state index in [0.29, 0.717) is 84.9 Å². The van der Waals surface area contributed by atoms with Crippen molar-refractivity contribution in [3.8, 4) is 28.7 Å². The number of nitrogens with zero attached hydrogens (tertiary/aromatic N) is 4. The number of methoxy groups -OCH3 is 3. The minimum Gasteiger partial charge on any atom is -0.618 e. The second kappa shape index (κ2) is 20.5. The number of anilines is 1. The van der Waals surface area contributed by atoms with E-state index in [0.717, 1.165) is 39.3 Å². The standard InChI is InChI=1S/C51H57N7O11/c1-30(2)46(54-51(61)62)50(60)52-31(3)49(59)53-38-14-8-32(9-15-38)34-12-18-40-36(22-34)24-55-28-44(47(66-5)42(55)26-57(40)63)68-20-7-21-69-45-29-56-25-37-23-35(33-10-16-39(65-4)17-11-33)13-19-41(37)58(64)27-43(56)48(45)67-6/h8-19,26-31,36-37,46,54H,7,20-25H2,1-6H3,(H3-,52,53,59,60,61,62,64)/p+1. The summed E-state index contributed by atoms with van der Waals surface area (Å²) in [5.74, 6) is 1.30. The lowest BCUT2D eigenvalue weighted by Gasteiger charge is -2.23.